The van der Waals surface area contributed by atoms with E-state index < -0.39 is 11.0 Å². The summed E-state index contributed by atoms with van der Waals surface area (Å²) in [6, 6.07) is 0. The molecule has 0 aromatic carbocycles. The fourth-order valence-electron chi connectivity index (χ4n) is 1.15. The number of hydrogen-bond donors (Lipinski definition) is 3. The van der Waals surface area contributed by atoms with Crippen molar-refractivity contribution in [1.82, 2.24) is 15.3 Å². The van der Waals surface area contributed by atoms with Crippen molar-refractivity contribution in [1.29, 1.82) is 0 Å². The molecule has 0 bridgehead atoms. The second-order valence-electron chi connectivity index (χ2n) is 2.94. The van der Waals surface area contributed by atoms with Gasteiger partial charge in [-0.2, -0.15) is 0 Å². The van der Waals surface area contributed by atoms with Gasteiger partial charge in [-0.05, 0) is 14.0 Å². The molecule has 0 aromatic rings. The minimum absolute atomic E-state index is 0.0126. The molecule has 1 aliphatic rings. The van der Waals surface area contributed by atoms with Crippen LogP contribution in [0, 0.1) is 0 Å². The molecule has 1 aliphatic heterocycles. The molecule has 1 heterocycles. The number of aliphatic carboxylic acids is 1. The zero-order valence-corrected chi connectivity index (χ0v) is 8.17. The summed E-state index contributed by atoms with van der Waals surface area (Å²) in [7, 11) is 3.49. The van der Waals surface area contributed by atoms with E-state index in [9.17, 15) is 4.79 Å². The zero-order chi connectivity index (χ0) is 9.52. The lowest BCUT2D eigenvalue weighted by Crippen LogP contribution is -2.53. The number of nitrogens with one attached hydrogen (secondary N) is 1. The SMILES string of the molecule is CC1N(C)NC(S)(C(=O)O)N1C. The van der Waals surface area contributed by atoms with Crippen molar-refractivity contribution in [3.05, 3.63) is 0 Å². The van der Waals surface area contributed by atoms with E-state index in [1.54, 1.807) is 24.0 Å². The smallest absolute Gasteiger partial charge is 0.351 e. The van der Waals surface area contributed by atoms with Crippen molar-refractivity contribution in [2.45, 2.75) is 18.1 Å². The van der Waals surface area contributed by atoms with Gasteiger partial charge in [-0.15, -0.1) is 12.6 Å². The Bertz CT molecular complexity index is 213. The average Bonchev–Trinajstić information content (AvgIpc) is 2.17. The molecule has 0 aromatic heterocycles. The summed E-state index contributed by atoms with van der Waals surface area (Å²) in [6.45, 7) is 1.90. The molecule has 2 atom stereocenters. The normalized spacial score (nSPS) is 38.8. The van der Waals surface area contributed by atoms with Crippen LogP contribution in [-0.2, 0) is 4.79 Å². The van der Waals surface area contributed by atoms with Crippen LogP contribution in [0.25, 0.3) is 0 Å². The Hall–Kier alpha value is -0.300. The minimum Gasteiger partial charge on any atom is -0.478 e. The van der Waals surface area contributed by atoms with E-state index in [0.29, 0.717) is 0 Å². The first-order chi connectivity index (χ1) is 5.39. The summed E-state index contributed by atoms with van der Waals surface area (Å²) in [4.78, 5) is 11.2. The van der Waals surface area contributed by atoms with Crippen LogP contribution in [0.15, 0.2) is 0 Å². The third-order valence-electron chi connectivity index (χ3n) is 2.26. The summed E-state index contributed by atoms with van der Waals surface area (Å²) in [5, 5.41) is 10.6. The van der Waals surface area contributed by atoms with Crippen LogP contribution in [0.5, 0.6) is 0 Å². The number of carboxylic acids is 1. The zero-order valence-electron chi connectivity index (χ0n) is 7.27. The molecule has 1 fully saturated rings. The lowest BCUT2D eigenvalue weighted by molar-refractivity contribution is -0.144. The predicted molar refractivity (Wildman–Crippen MR) is 47.5 cm³/mol. The molecular formula is C6H13N3O2S. The van der Waals surface area contributed by atoms with Crippen molar-refractivity contribution in [3.8, 4) is 0 Å². The third kappa shape index (κ3) is 1.20. The Kier molecular flexibility index (Phi) is 2.35. The molecule has 70 valence electrons. The van der Waals surface area contributed by atoms with Gasteiger partial charge < -0.3 is 5.11 Å². The van der Waals surface area contributed by atoms with Crippen LogP contribution in [-0.4, -0.2) is 46.2 Å². The van der Waals surface area contributed by atoms with Crippen LogP contribution in [0.3, 0.4) is 0 Å². The Morgan fingerprint density at radius 3 is 2.33 bits per heavy atom. The largest absolute Gasteiger partial charge is 0.478 e. The molecule has 0 aliphatic carbocycles. The van der Waals surface area contributed by atoms with Gasteiger partial charge in [0, 0.05) is 7.05 Å². The molecular weight excluding hydrogens is 178 g/mol. The molecule has 5 nitrogen and oxygen atoms in total. The monoisotopic (exact) mass is 191 g/mol. The Morgan fingerprint density at radius 1 is 1.67 bits per heavy atom. The van der Waals surface area contributed by atoms with Gasteiger partial charge in [0.15, 0.2) is 0 Å². The quantitative estimate of drug-likeness (QED) is 0.482. The number of rotatable bonds is 1. The van der Waals surface area contributed by atoms with Crippen molar-refractivity contribution >= 4 is 18.6 Å². The van der Waals surface area contributed by atoms with Crippen molar-refractivity contribution in [3.63, 3.8) is 0 Å². The van der Waals surface area contributed by atoms with E-state index in [1.807, 2.05) is 6.92 Å². The van der Waals surface area contributed by atoms with E-state index in [1.165, 1.54) is 0 Å². The first kappa shape index (κ1) is 9.79. The van der Waals surface area contributed by atoms with Crippen LogP contribution in [0.1, 0.15) is 6.92 Å². The summed E-state index contributed by atoms with van der Waals surface area (Å²) in [5.41, 5.74) is 2.75. The van der Waals surface area contributed by atoms with E-state index in [0.717, 1.165) is 0 Å². The minimum atomic E-state index is -1.28. The Labute approximate surface area is 76.7 Å². The van der Waals surface area contributed by atoms with Crippen LogP contribution < -0.4 is 5.43 Å². The second-order valence-corrected chi connectivity index (χ2v) is 3.59. The summed E-state index contributed by atoms with van der Waals surface area (Å²) >= 11 is 4.06. The fourth-order valence-corrected chi connectivity index (χ4v) is 1.47. The number of hydrazine groups is 1. The maximum absolute atomic E-state index is 10.8. The standard InChI is InChI=1S/C6H13N3O2S/c1-4-8(2)6(12,5(10)11)7-9(4)3/h4,7,12H,1-3H3,(H,10,11). The molecule has 2 unspecified atom stereocenters. The Balaban J connectivity index is 2.89. The van der Waals surface area contributed by atoms with E-state index >= 15 is 0 Å². The van der Waals surface area contributed by atoms with E-state index in [4.69, 9.17) is 5.11 Å². The number of carboxylic acid groups (broad SMARTS) is 1. The predicted octanol–water partition coefficient (Wildman–Crippen LogP) is -0.618. The lowest BCUT2D eigenvalue weighted by atomic mass is 10.4. The van der Waals surface area contributed by atoms with E-state index in [-0.39, 0.29) is 6.17 Å². The van der Waals surface area contributed by atoms with Gasteiger partial charge in [-0.3, -0.25) is 4.90 Å². The van der Waals surface area contributed by atoms with Crippen LogP contribution in [0.2, 0.25) is 0 Å². The van der Waals surface area contributed by atoms with Crippen molar-refractivity contribution in [2.24, 2.45) is 0 Å². The molecule has 0 spiro atoms. The van der Waals surface area contributed by atoms with Gasteiger partial charge in [0.05, 0.1) is 6.17 Å². The summed E-state index contributed by atoms with van der Waals surface area (Å²) in [5.74, 6) is -0.996. The summed E-state index contributed by atoms with van der Waals surface area (Å²) < 4.78 is 0. The summed E-state index contributed by atoms with van der Waals surface area (Å²) in [6.07, 6.45) is 0.0126. The Morgan fingerprint density at radius 2 is 2.17 bits per heavy atom. The average molecular weight is 191 g/mol. The lowest BCUT2D eigenvalue weighted by Gasteiger charge is -2.26. The molecule has 2 N–H and O–H groups in total. The van der Waals surface area contributed by atoms with Gasteiger partial charge in [-0.25, -0.2) is 15.2 Å². The second kappa shape index (κ2) is 2.88. The topological polar surface area (TPSA) is 55.8 Å². The molecule has 0 amide bonds. The number of thiol groups is 1. The van der Waals surface area contributed by atoms with Gasteiger partial charge in [0.25, 0.3) is 0 Å². The van der Waals surface area contributed by atoms with Gasteiger partial charge in [-0.1, -0.05) is 0 Å². The molecule has 0 radical (unpaired) electrons. The number of carbonyl (C=O) groups is 1. The number of hydrogen-bond acceptors (Lipinski definition) is 5. The molecule has 1 rings (SSSR count). The van der Waals surface area contributed by atoms with Gasteiger partial charge in [0.2, 0.25) is 4.99 Å². The highest BCUT2D eigenvalue weighted by molar-refractivity contribution is 7.82. The highest BCUT2D eigenvalue weighted by Crippen LogP contribution is 2.25. The number of nitrogens with zero attached hydrogens (tertiary/aromatic N) is 2. The van der Waals surface area contributed by atoms with E-state index in [2.05, 4.69) is 18.1 Å². The van der Waals surface area contributed by atoms with Gasteiger partial charge in [0.1, 0.15) is 0 Å². The fraction of sp³-hybridized carbons (Fsp3) is 0.833. The molecule has 6 heteroatoms. The third-order valence-corrected chi connectivity index (χ3v) is 2.87. The maximum atomic E-state index is 10.8. The molecule has 1 saturated heterocycles. The maximum Gasteiger partial charge on any atom is 0.351 e. The highest BCUT2D eigenvalue weighted by atomic mass is 32.1. The highest BCUT2D eigenvalue weighted by Gasteiger charge is 2.48. The first-order valence-electron chi connectivity index (χ1n) is 3.59. The van der Waals surface area contributed by atoms with Crippen LogP contribution in [0.4, 0.5) is 0 Å². The molecule has 0 saturated carbocycles. The van der Waals surface area contributed by atoms with Crippen molar-refractivity contribution < 1.29 is 9.90 Å². The van der Waals surface area contributed by atoms with Gasteiger partial charge >= 0.3 is 5.97 Å². The number of likely N-dealkylation sites (N-methyl/N-ethyl adjacent to an activating group) is 1. The van der Waals surface area contributed by atoms with Crippen molar-refractivity contribution in [2.75, 3.05) is 14.1 Å². The first-order valence-corrected chi connectivity index (χ1v) is 4.03. The molecule has 12 heavy (non-hydrogen) atoms. The van der Waals surface area contributed by atoms with Crippen LogP contribution >= 0.6 is 12.6 Å².